The van der Waals surface area contributed by atoms with Crippen molar-refractivity contribution >= 4 is 23.2 Å². The molecule has 0 saturated heterocycles. The smallest absolute Gasteiger partial charge is 0.128 e. The fraction of sp³-hybridized carbons (Fsp3) is 0.333. The van der Waals surface area contributed by atoms with Crippen LogP contribution in [0.15, 0.2) is 42.5 Å². The van der Waals surface area contributed by atoms with Gasteiger partial charge in [-0.2, -0.15) is 0 Å². The number of ether oxygens (including phenoxy) is 3. The summed E-state index contributed by atoms with van der Waals surface area (Å²) >= 11 is 11.8. The highest BCUT2D eigenvalue weighted by Gasteiger charge is 2.00. The van der Waals surface area contributed by atoms with Crippen LogP contribution in [0.1, 0.15) is 12.5 Å². The molecule has 0 radical (unpaired) electrons. The van der Waals surface area contributed by atoms with E-state index in [9.17, 15) is 0 Å². The molecule has 0 spiro atoms. The van der Waals surface area contributed by atoms with Crippen LogP contribution in [0.3, 0.4) is 0 Å². The lowest BCUT2D eigenvalue weighted by atomic mass is 10.2. The first-order chi connectivity index (χ1) is 11.0. The van der Waals surface area contributed by atoms with Crippen molar-refractivity contribution in [2.24, 2.45) is 0 Å². The average Bonchev–Trinajstić information content (AvgIpc) is 2.54. The maximum Gasteiger partial charge on any atom is 0.128 e. The summed E-state index contributed by atoms with van der Waals surface area (Å²) in [6.07, 6.45) is 0.227. The van der Waals surface area contributed by atoms with Gasteiger partial charge in [-0.25, -0.2) is 0 Å². The number of benzene rings is 2. The highest BCUT2D eigenvalue weighted by atomic mass is 35.5. The lowest BCUT2D eigenvalue weighted by Gasteiger charge is -2.06. The maximum absolute atomic E-state index is 6.00. The summed E-state index contributed by atoms with van der Waals surface area (Å²) in [7, 11) is 3.33. The van der Waals surface area contributed by atoms with Crippen molar-refractivity contribution in [2.75, 3.05) is 20.8 Å². The first kappa shape index (κ1) is 19.8. The summed E-state index contributed by atoms with van der Waals surface area (Å²) < 4.78 is 15.3. The Hall–Kier alpha value is -1.26. The van der Waals surface area contributed by atoms with Crippen molar-refractivity contribution < 1.29 is 14.2 Å². The lowest BCUT2D eigenvalue weighted by Crippen LogP contribution is -2.11. The summed E-state index contributed by atoms with van der Waals surface area (Å²) in [6.45, 7) is 4.59. The second kappa shape index (κ2) is 10.5. The summed E-state index contributed by atoms with van der Waals surface area (Å²) in [4.78, 5) is 0. The van der Waals surface area contributed by atoms with Gasteiger partial charge < -0.3 is 14.2 Å². The molecular weight excluding hydrogens is 335 g/mol. The minimum Gasteiger partial charge on any atom is -0.457 e. The second-order valence-corrected chi connectivity index (χ2v) is 5.81. The Morgan fingerprint density at radius 3 is 2.04 bits per heavy atom. The topological polar surface area (TPSA) is 27.7 Å². The number of aryl methyl sites for hydroxylation is 1. The van der Waals surface area contributed by atoms with Crippen LogP contribution in [0, 0.1) is 6.92 Å². The maximum atomic E-state index is 6.00. The molecule has 0 aliphatic carbocycles. The van der Waals surface area contributed by atoms with Crippen LogP contribution >= 0.6 is 23.2 Å². The number of halogens is 2. The van der Waals surface area contributed by atoms with Gasteiger partial charge >= 0.3 is 0 Å². The molecule has 1 unspecified atom stereocenters. The zero-order valence-electron chi connectivity index (χ0n) is 13.8. The average molecular weight is 357 g/mol. The molecule has 1 atom stereocenters. The molecular formula is C18H22Cl2O3. The Balaban J connectivity index is 0.000000322. The third kappa shape index (κ3) is 7.71. The van der Waals surface area contributed by atoms with Crippen molar-refractivity contribution in [1.82, 2.24) is 0 Å². The fourth-order valence-electron chi connectivity index (χ4n) is 1.58. The lowest BCUT2D eigenvalue weighted by molar-refractivity contribution is 0.0401. The van der Waals surface area contributed by atoms with Gasteiger partial charge in [-0.1, -0.05) is 29.3 Å². The first-order valence-electron chi connectivity index (χ1n) is 7.17. The molecule has 0 aliphatic heterocycles. The molecule has 0 aliphatic rings. The van der Waals surface area contributed by atoms with E-state index in [4.69, 9.17) is 37.4 Å². The number of rotatable bonds is 5. The minimum absolute atomic E-state index is 0.227. The highest BCUT2D eigenvalue weighted by molar-refractivity contribution is 6.31. The van der Waals surface area contributed by atoms with E-state index in [0.29, 0.717) is 16.7 Å². The minimum atomic E-state index is 0.227. The van der Waals surface area contributed by atoms with Gasteiger partial charge in [-0.15, -0.1) is 0 Å². The summed E-state index contributed by atoms with van der Waals surface area (Å²) in [5.74, 6) is 1.46. The zero-order valence-corrected chi connectivity index (χ0v) is 15.3. The van der Waals surface area contributed by atoms with E-state index in [2.05, 4.69) is 0 Å². The highest BCUT2D eigenvalue weighted by Crippen LogP contribution is 2.27. The van der Waals surface area contributed by atoms with Crippen molar-refractivity contribution in [2.45, 2.75) is 20.0 Å². The van der Waals surface area contributed by atoms with E-state index >= 15 is 0 Å². The molecule has 126 valence electrons. The number of hydrogen-bond donors (Lipinski definition) is 0. The van der Waals surface area contributed by atoms with E-state index < -0.39 is 0 Å². The Kier molecular flexibility index (Phi) is 9.03. The molecule has 0 heterocycles. The Labute approximate surface area is 148 Å². The fourth-order valence-corrected chi connectivity index (χ4v) is 1.88. The molecule has 5 heteroatoms. The second-order valence-electron chi connectivity index (χ2n) is 4.97. The molecule has 3 nitrogen and oxygen atoms in total. The molecule has 0 saturated carbocycles. The van der Waals surface area contributed by atoms with Gasteiger partial charge in [-0.3, -0.25) is 0 Å². The van der Waals surface area contributed by atoms with Crippen molar-refractivity contribution in [3.05, 3.63) is 58.1 Å². The summed E-state index contributed by atoms with van der Waals surface area (Å²) in [5, 5.41) is 1.39. The standard InChI is InChI=1S/C13H10Cl2O.C5H12O2/c1-9-2-5-12(8-13(9)15)16-11-6-3-10(14)4-7-11;1-5(7-3)4-6-2/h2-8H,1H3;5H,4H2,1-3H3. The van der Waals surface area contributed by atoms with Gasteiger partial charge in [0.2, 0.25) is 0 Å². The largest absolute Gasteiger partial charge is 0.457 e. The van der Waals surface area contributed by atoms with Crippen LogP contribution in [0.2, 0.25) is 10.0 Å². The van der Waals surface area contributed by atoms with Crippen molar-refractivity contribution in [3.8, 4) is 11.5 Å². The Bertz CT molecular complexity index is 585. The number of hydrogen-bond acceptors (Lipinski definition) is 3. The predicted octanol–water partition coefficient (Wildman–Crippen LogP) is 5.76. The molecule has 0 aromatic heterocycles. The summed E-state index contributed by atoms with van der Waals surface area (Å²) in [6, 6.07) is 12.8. The third-order valence-electron chi connectivity index (χ3n) is 3.00. The SMILES string of the molecule is COCC(C)OC.Cc1ccc(Oc2ccc(Cl)cc2)cc1Cl. The summed E-state index contributed by atoms with van der Waals surface area (Å²) in [5.41, 5.74) is 1.03. The van der Waals surface area contributed by atoms with E-state index in [1.54, 1.807) is 32.4 Å². The van der Waals surface area contributed by atoms with E-state index in [0.717, 1.165) is 17.1 Å². The van der Waals surface area contributed by atoms with Crippen LogP contribution in [-0.4, -0.2) is 26.9 Å². The molecule has 2 aromatic carbocycles. The van der Waals surface area contributed by atoms with Crippen molar-refractivity contribution in [3.63, 3.8) is 0 Å². The quantitative estimate of drug-likeness (QED) is 0.681. The molecule has 0 N–H and O–H groups in total. The molecule has 2 rings (SSSR count). The molecule has 0 fully saturated rings. The monoisotopic (exact) mass is 356 g/mol. The molecule has 23 heavy (non-hydrogen) atoms. The van der Waals surface area contributed by atoms with Gasteiger partial charge in [0.05, 0.1) is 12.7 Å². The zero-order chi connectivity index (χ0) is 17.2. The van der Waals surface area contributed by atoms with Gasteiger partial charge in [0.15, 0.2) is 0 Å². The number of methoxy groups -OCH3 is 2. The van der Waals surface area contributed by atoms with Crippen LogP contribution in [-0.2, 0) is 9.47 Å². The Morgan fingerprint density at radius 2 is 1.57 bits per heavy atom. The third-order valence-corrected chi connectivity index (χ3v) is 3.66. The molecule has 0 bridgehead atoms. The van der Waals surface area contributed by atoms with Crippen LogP contribution in [0.25, 0.3) is 0 Å². The molecule has 2 aromatic rings. The van der Waals surface area contributed by atoms with Gasteiger partial charge in [-0.05, 0) is 55.8 Å². The van der Waals surface area contributed by atoms with Gasteiger partial charge in [0.1, 0.15) is 11.5 Å². The van der Waals surface area contributed by atoms with E-state index in [1.165, 1.54) is 0 Å². The van der Waals surface area contributed by atoms with Crippen LogP contribution in [0.4, 0.5) is 0 Å². The Morgan fingerprint density at radius 1 is 0.957 bits per heavy atom. The van der Waals surface area contributed by atoms with E-state index in [-0.39, 0.29) is 6.10 Å². The normalized spacial score (nSPS) is 11.4. The van der Waals surface area contributed by atoms with Gasteiger partial charge in [0, 0.05) is 24.3 Å². The van der Waals surface area contributed by atoms with Crippen LogP contribution < -0.4 is 4.74 Å². The predicted molar refractivity (Wildman–Crippen MR) is 96.1 cm³/mol. The van der Waals surface area contributed by atoms with Gasteiger partial charge in [0.25, 0.3) is 0 Å². The van der Waals surface area contributed by atoms with E-state index in [1.807, 2.05) is 38.1 Å². The van der Waals surface area contributed by atoms with Crippen molar-refractivity contribution in [1.29, 1.82) is 0 Å². The molecule has 0 amide bonds. The first-order valence-corrected chi connectivity index (χ1v) is 7.93. The van der Waals surface area contributed by atoms with Crippen LogP contribution in [0.5, 0.6) is 11.5 Å².